The number of nitrogens with one attached hydrogen (secondary N) is 1. The van der Waals surface area contributed by atoms with E-state index in [1.165, 1.54) is 18.2 Å². The summed E-state index contributed by atoms with van der Waals surface area (Å²) in [5.41, 5.74) is 0.364. The van der Waals surface area contributed by atoms with Crippen molar-refractivity contribution < 1.29 is 22.3 Å². The van der Waals surface area contributed by atoms with Gasteiger partial charge in [0.2, 0.25) is 0 Å². The van der Waals surface area contributed by atoms with Gasteiger partial charge in [-0.25, -0.2) is 8.42 Å². The topological polar surface area (TPSA) is 107 Å². The van der Waals surface area contributed by atoms with Crippen LogP contribution in [0.15, 0.2) is 58.3 Å². The first-order valence-corrected chi connectivity index (χ1v) is 13.9. The van der Waals surface area contributed by atoms with Crippen LogP contribution in [-0.2, 0) is 9.84 Å². The van der Waals surface area contributed by atoms with Gasteiger partial charge in [-0.3, -0.25) is 18.8 Å². The van der Waals surface area contributed by atoms with Gasteiger partial charge in [0.1, 0.15) is 5.25 Å². The predicted molar refractivity (Wildman–Crippen MR) is 128 cm³/mol. The lowest BCUT2D eigenvalue weighted by molar-refractivity contribution is 0.0938. The molecule has 0 aromatic heterocycles. The second-order valence-corrected chi connectivity index (χ2v) is 12.8. The molecular formula is C23H32N2O5S2. The third-order valence-corrected chi connectivity index (χ3v) is 9.95. The zero-order chi connectivity index (χ0) is 23.7. The van der Waals surface area contributed by atoms with Crippen LogP contribution >= 0.6 is 10.6 Å². The average molecular weight is 481 g/mol. The molecule has 1 heterocycles. The first-order valence-electron chi connectivity index (χ1n) is 10.7. The molecule has 0 fully saturated rings. The van der Waals surface area contributed by atoms with E-state index in [1.807, 2.05) is 0 Å². The Kier molecular flexibility index (Phi) is 7.36. The minimum Gasteiger partial charge on any atom is -0.351 e. The van der Waals surface area contributed by atoms with Gasteiger partial charge < -0.3 is 5.32 Å². The molecule has 1 unspecified atom stereocenters. The van der Waals surface area contributed by atoms with Gasteiger partial charge in [-0.2, -0.15) is 10.6 Å². The Hall–Kier alpha value is -1.91. The largest absolute Gasteiger partial charge is 0.351 e. The molecule has 0 bridgehead atoms. The van der Waals surface area contributed by atoms with Crippen LogP contribution < -0.4 is 5.32 Å². The minimum absolute atomic E-state index is 0.0905. The van der Waals surface area contributed by atoms with Gasteiger partial charge >= 0.3 is 0 Å². The summed E-state index contributed by atoms with van der Waals surface area (Å²) in [6.07, 6.45) is 0. The smallest absolute Gasteiger partial charge is 0.251 e. The fraction of sp³-hybridized carbons (Fsp3) is 0.435. The van der Waals surface area contributed by atoms with Gasteiger partial charge in [-0.1, -0.05) is 24.3 Å². The maximum absolute atomic E-state index is 13.4. The van der Waals surface area contributed by atoms with Gasteiger partial charge in [-0.05, 0) is 52.0 Å². The van der Waals surface area contributed by atoms with Gasteiger partial charge in [0.15, 0.2) is 9.84 Å². The highest BCUT2D eigenvalue weighted by atomic mass is 32.3. The molecule has 0 saturated heterocycles. The molecule has 1 atom stereocenters. The molecule has 1 aliphatic rings. The number of nitrogens with zero attached hydrogens (tertiary/aromatic N) is 1. The Labute approximate surface area is 192 Å². The van der Waals surface area contributed by atoms with Gasteiger partial charge in [0.05, 0.1) is 15.5 Å². The molecule has 176 valence electrons. The summed E-state index contributed by atoms with van der Waals surface area (Å²) in [7, 11) is -7.25. The van der Waals surface area contributed by atoms with Crippen molar-refractivity contribution in [2.45, 2.75) is 54.8 Å². The van der Waals surface area contributed by atoms with E-state index >= 15 is 0 Å². The zero-order valence-corrected chi connectivity index (χ0v) is 20.5. The van der Waals surface area contributed by atoms with Gasteiger partial charge in [-0.15, -0.1) is 0 Å². The molecule has 2 aromatic carbocycles. The number of hydrogen-bond acceptors (Lipinski definition) is 6. The molecule has 1 aliphatic heterocycles. The number of carbonyl (C=O) groups excluding carboxylic acids is 1. The number of carbonyl (C=O) groups is 1. The highest BCUT2D eigenvalue weighted by molar-refractivity contribution is 8.25. The van der Waals surface area contributed by atoms with E-state index in [-0.39, 0.29) is 26.7 Å². The van der Waals surface area contributed by atoms with Crippen molar-refractivity contribution in [2.24, 2.45) is 0 Å². The Morgan fingerprint density at radius 1 is 1.06 bits per heavy atom. The summed E-state index contributed by atoms with van der Waals surface area (Å²) in [4.78, 5) is 15.5. The highest BCUT2D eigenvalue weighted by Gasteiger charge is 2.45. The number of benzene rings is 2. The molecule has 0 saturated carbocycles. The molecule has 0 spiro atoms. The van der Waals surface area contributed by atoms with E-state index in [9.17, 15) is 22.3 Å². The average Bonchev–Trinajstić information content (AvgIpc) is 3.03. The molecule has 0 aliphatic carbocycles. The third-order valence-electron chi connectivity index (χ3n) is 5.80. The Balaban J connectivity index is 1.92. The Bertz CT molecular complexity index is 1060. The van der Waals surface area contributed by atoms with Crippen LogP contribution in [0.2, 0.25) is 0 Å². The molecule has 7 nitrogen and oxygen atoms in total. The van der Waals surface area contributed by atoms with E-state index in [0.717, 1.165) is 0 Å². The van der Waals surface area contributed by atoms with E-state index in [1.54, 1.807) is 30.3 Å². The molecule has 3 rings (SSSR count). The normalized spacial score (nSPS) is 18.7. The van der Waals surface area contributed by atoms with Crippen molar-refractivity contribution in [3.8, 4) is 0 Å². The Morgan fingerprint density at radius 2 is 1.69 bits per heavy atom. The highest BCUT2D eigenvalue weighted by Crippen LogP contribution is 2.62. The van der Waals surface area contributed by atoms with Crippen LogP contribution in [0.5, 0.6) is 0 Å². The van der Waals surface area contributed by atoms with E-state index < -0.39 is 31.6 Å². The fourth-order valence-electron chi connectivity index (χ4n) is 4.27. The second kappa shape index (κ2) is 9.52. The summed E-state index contributed by atoms with van der Waals surface area (Å²) in [5.74, 6) is -0.766. The molecule has 32 heavy (non-hydrogen) atoms. The number of hydrogen-bond donors (Lipinski definition) is 3. The number of amides is 1. The quantitative estimate of drug-likeness (QED) is 0.523. The van der Waals surface area contributed by atoms with Crippen LogP contribution in [0.3, 0.4) is 0 Å². The third kappa shape index (κ3) is 4.87. The van der Waals surface area contributed by atoms with E-state index in [4.69, 9.17) is 0 Å². The Morgan fingerprint density at radius 3 is 2.28 bits per heavy atom. The number of sulfone groups is 1. The number of fused-ring (bicyclic) bond motifs is 1. The van der Waals surface area contributed by atoms with Crippen molar-refractivity contribution in [3.05, 3.63) is 59.7 Å². The summed E-state index contributed by atoms with van der Waals surface area (Å²) in [6.45, 7) is 9.42. The van der Waals surface area contributed by atoms with Crippen molar-refractivity contribution in [3.63, 3.8) is 0 Å². The number of rotatable bonds is 8. The maximum Gasteiger partial charge on any atom is 0.251 e. The molecule has 0 radical (unpaired) electrons. The van der Waals surface area contributed by atoms with Crippen molar-refractivity contribution in [1.82, 2.24) is 10.2 Å². The van der Waals surface area contributed by atoms with E-state index in [2.05, 4.69) is 37.9 Å². The van der Waals surface area contributed by atoms with Crippen LogP contribution in [0.1, 0.15) is 48.9 Å². The SMILES string of the molecule is CC(C)N(CCNC(=O)c1cccc2c1C(S(=O)(=O)c1ccccc1)CS2(O)O)C(C)C. The molecule has 1 amide bonds. The lowest BCUT2D eigenvalue weighted by atomic mass is 10.0. The summed E-state index contributed by atoms with van der Waals surface area (Å²) >= 11 is 0. The first kappa shape index (κ1) is 24.7. The maximum atomic E-state index is 13.4. The van der Waals surface area contributed by atoms with Crippen LogP contribution in [0.4, 0.5) is 0 Å². The second-order valence-electron chi connectivity index (χ2n) is 8.58. The molecule has 9 heteroatoms. The summed E-state index contributed by atoms with van der Waals surface area (Å²) in [5, 5.41) is 1.68. The van der Waals surface area contributed by atoms with Crippen LogP contribution in [-0.4, -0.2) is 59.3 Å². The van der Waals surface area contributed by atoms with E-state index in [0.29, 0.717) is 25.2 Å². The van der Waals surface area contributed by atoms with Crippen LogP contribution in [0, 0.1) is 0 Å². The van der Waals surface area contributed by atoms with Gasteiger partial charge in [0, 0.05) is 36.3 Å². The first-order chi connectivity index (χ1) is 15.0. The fourth-order valence-corrected chi connectivity index (χ4v) is 8.73. The summed E-state index contributed by atoms with van der Waals surface area (Å²) < 4.78 is 48.0. The lowest BCUT2D eigenvalue weighted by Gasteiger charge is -2.30. The standard InChI is InChI=1S/C23H32N2O5S2/c1-16(2)25(17(3)4)14-13-24-23(26)19-11-8-12-20-22(19)21(15-31(20,27)28)32(29,30)18-9-6-5-7-10-18/h5-12,16-17,21,27-28H,13-15H2,1-4H3,(H,24,26). The molecule has 2 aromatic rings. The van der Waals surface area contributed by atoms with Crippen molar-refractivity contribution in [1.29, 1.82) is 0 Å². The monoisotopic (exact) mass is 480 g/mol. The van der Waals surface area contributed by atoms with Gasteiger partial charge in [0.25, 0.3) is 5.91 Å². The van der Waals surface area contributed by atoms with Crippen LogP contribution in [0.25, 0.3) is 0 Å². The van der Waals surface area contributed by atoms with Crippen molar-refractivity contribution >= 4 is 26.3 Å². The predicted octanol–water partition coefficient (Wildman–Crippen LogP) is 4.17. The summed E-state index contributed by atoms with van der Waals surface area (Å²) in [6, 6.07) is 13.2. The zero-order valence-electron chi connectivity index (χ0n) is 18.9. The molecule has 3 N–H and O–H groups in total. The molecular weight excluding hydrogens is 448 g/mol. The lowest BCUT2D eigenvalue weighted by Crippen LogP contribution is -2.42. The van der Waals surface area contributed by atoms with Crippen molar-refractivity contribution in [2.75, 3.05) is 18.8 Å². The minimum atomic E-state index is -3.92.